The summed E-state index contributed by atoms with van der Waals surface area (Å²) in [5, 5.41) is 2.72. The Kier molecular flexibility index (Phi) is 6.37. The average molecular weight is 436 g/mol. The van der Waals surface area contributed by atoms with Crippen LogP contribution in [0.1, 0.15) is 17.0 Å². The number of ether oxygens (including phenoxy) is 1. The summed E-state index contributed by atoms with van der Waals surface area (Å²) in [6.07, 6.45) is 1.77. The minimum atomic E-state index is -0.537. The van der Waals surface area contributed by atoms with E-state index in [1.807, 2.05) is 12.1 Å². The normalized spacial score (nSPS) is 15.4. The predicted molar refractivity (Wildman–Crippen MR) is 133 cm³/mol. The predicted octanol–water partition coefficient (Wildman–Crippen LogP) is 5.10. The molecule has 3 nitrogen and oxygen atoms in total. The fourth-order valence-corrected chi connectivity index (χ4v) is 6.17. The largest absolute Gasteiger partial charge is 0.474 e. The van der Waals surface area contributed by atoms with E-state index in [1.165, 1.54) is 16.2 Å². The van der Waals surface area contributed by atoms with Gasteiger partial charge < -0.3 is 4.74 Å². The van der Waals surface area contributed by atoms with Crippen molar-refractivity contribution in [3.8, 4) is 0 Å². The van der Waals surface area contributed by atoms with Gasteiger partial charge >= 0.3 is 0 Å². The summed E-state index contributed by atoms with van der Waals surface area (Å²) in [7, 11) is -0.537. The van der Waals surface area contributed by atoms with Gasteiger partial charge in [-0.3, -0.25) is 0 Å². The molecule has 0 spiro atoms. The van der Waals surface area contributed by atoms with Crippen molar-refractivity contribution in [1.29, 1.82) is 0 Å². The lowest BCUT2D eigenvalue weighted by Gasteiger charge is -2.18. The molecule has 0 radical (unpaired) electrons. The van der Waals surface area contributed by atoms with E-state index >= 15 is 0 Å². The molecule has 1 unspecified atom stereocenters. The van der Waals surface area contributed by atoms with Crippen LogP contribution in [0, 0.1) is 0 Å². The third-order valence-electron chi connectivity index (χ3n) is 5.51. The molecule has 32 heavy (non-hydrogen) atoms. The Labute approximate surface area is 190 Å². The van der Waals surface area contributed by atoms with Crippen LogP contribution in [0.3, 0.4) is 0 Å². The van der Waals surface area contributed by atoms with Crippen molar-refractivity contribution in [2.45, 2.75) is 18.6 Å². The monoisotopic (exact) mass is 436 g/mol. The first-order valence-electron chi connectivity index (χ1n) is 10.9. The highest BCUT2D eigenvalue weighted by Gasteiger charge is 2.22. The smallest absolute Gasteiger partial charge is 0.235 e. The number of benzene rings is 3. The average Bonchev–Trinajstić information content (AvgIpc) is 3.33. The van der Waals surface area contributed by atoms with Gasteiger partial charge in [0, 0.05) is 11.9 Å². The molecule has 4 aromatic rings. The molecule has 0 N–H and O–H groups in total. The summed E-state index contributed by atoms with van der Waals surface area (Å²) in [6, 6.07) is 38.3. The van der Waals surface area contributed by atoms with E-state index in [2.05, 4.69) is 97.1 Å². The van der Waals surface area contributed by atoms with Crippen molar-refractivity contribution in [3.63, 3.8) is 0 Å². The molecule has 2 heterocycles. The summed E-state index contributed by atoms with van der Waals surface area (Å²) >= 11 is 0. The van der Waals surface area contributed by atoms with E-state index in [9.17, 15) is 0 Å². The minimum absolute atomic E-state index is 0.142. The molecule has 4 heteroatoms. The number of hydrogen-bond acceptors (Lipinski definition) is 3. The first-order chi connectivity index (χ1) is 15.8. The molecule has 0 fully saturated rings. The number of aromatic nitrogens is 1. The van der Waals surface area contributed by atoms with Crippen molar-refractivity contribution in [2.24, 2.45) is 4.99 Å². The molecule has 0 saturated carbocycles. The van der Waals surface area contributed by atoms with Crippen LogP contribution < -0.4 is 10.6 Å². The van der Waals surface area contributed by atoms with E-state index in [-0.39, 0.29) is 6.04 Å². The Morgan fingerprint density at radius 2 is 1.34 bits per heavy atom. The van der Waals surface area contributed by atoms with Gasteiger partial charge in [0.05, 0.1) is 6.04 Å². The fourth-order valence-electron chi connectivity index (χ4n) is 3.94. The number of rotatable bonds is 7. The van der Waals surface area contributed by atoms with Gasteiger partial charge in [-0.15, -0.1) is 0 Å². The summed E-state index contributed by atoms with van der Waals surface area (Å²) in [6.45, 7) is 0.608. The van der Waals surface area contributed by atoms with Crippen molar-refractivity contribution >= 4 is 24.4 Å². The maximum absolute atomic E-state index is 5.95. The lowest BCUT2D eigenvalue weighted by Crippen LogP contribution is -2.14. The molecular weight excluding hydrogens is 411 g/mol. The van der Waals surface area contributed by atoms with E-state index in [1.54, 1.807) is 0 Å². The van der Waals surface area contributed by atoms with Crippen LogP contribution in [0.25, 0.3) is 0 Å². The summed E-state index contributed by atoms with van der Waals surface area (Å²) < 4.78 is 5.95. The maximum atomic E-state index is 5.95. The zero-order valence-electron chi connectivity index (χ0n) is 17.8. The molecule has 0 bridgehead atoms. The zero-order valence-corrected chi connectivity index (χ0v) is 18.7. The second-order valence-electron chi connectivity index (χ2n) is 7.86. The molecule has 5 rings (SSSR count). The molecule has 1 aromatic heterocycles. The summed E-state index contributed by atoms with van der Waals surface area (Å²) in [5.74, 6) is 0.663. The number of nitrogens with zero attached hydrogens (tertiary/aromatic N) is 2. The van der Waals surface area contributed by atoms with Crippen LogP contribution in [-0.4, -0.2) is 23.5 Å². The highest BCUT2D eigenvalue weighted by atomic mass is 31.1. The van der Waals surface area contributed by atoms with Crippen LogP contribution in [-0.2, 0) is 17.3 Å². The lowest BCUT2D eigenvalue weighted by molar-refractivity contribution is 0.316. The van der Waals surface area contributed by atoms with Crippen molar-refractivity contribution in [2.75, 3.05) is 6.61 Å². The molecule has 0 aliphatic carbocycles. The number of aliphatic imine (C=N–C) groups is 1. The SMILES string of the molecule is c1ccc(CC2COC(c3cccc(CP(c4ccccc4)c4ccccc4)n3)=N2)cc1. The van der Waals surface area contributed by atoms with Gasteiger partial charge in [0.2, 0.25) is 5.90 Å². The topological polar surface area (TPSA) is 34.5 Å². The summed E-state index contributed by atoms with van der Waals surface area (Å²) in [4.78, 5) is 9.77. The Morgan fingerprint density at radius 3 is 2.00 bits per heavy atom. The quantitative estimate of drug-likeness (QED) is 0.378. The molecule has 1 aliphatic heterocycles. The van der Waals surface area contributed by atoms with Gasteiger partial charge in [-0.2, -0.15) is 0 Å². The number of pyridine rings is 1. The van der Waals surface area contributed by atoms with Crippen LogP contribution in [0.4, 0.5) is 0 Å². The molecule has 1 aliphatic rings. The van der Waals surface area contributed by atoms with Crippen LogP contribution in [0.15, 0.2) is 114 Å². The van der Waals surface area contributed by atoms with E-state index in [0.29, 0.717) is 12.5 Å². The van der Waals surface area contributed by atoms with Gasteiger partial charge in [0.15, 0.2) is 0 Å². The Balaban J connectivity index is 1.37. The van der Waals surface area contributed by atoms with E-state index in [0.717, 1.165) is 24.0 Å². The highest BCUT2D eigenvalue weighted by Crippen LogP contribution is 2.37. The molecular formula is C28H25N2OP. The molecule has 3 aromatic carbocycles. The van der Waals surface area contributed by atoms with Gasteiger partial charge in [-0.1, -0.05) is 97.1 Å². The fraction of sp³-hybridized carbons (Fsp3) is 0.143. The highest BCUT2D eigenvalue weighted by molar-refractivity contribution is 7.72. The minimum Gasteiger partial charge on any atom is -0.474 e. The Morgan fingerprint density at radius 1 is 0.719 bits per heavy atom. The lowest BCUT2D eigenvalue weighted by atomic mass is 10.1. The van der Waals surface area contributed by atoms with E-state index in [4.69, 9.17) is 14.7 Å². The maximum Gasteiger partial charge on any atom is 0.235 e. The zero-order chi connectivity index (χ0) is 21.6. The second kappa shape index (κ2) is 9.89. The van der Waals surface area contributed by atoms with Crippen LogP contribution >= 0.6 is 7.92 Å². The second-order valence-corrected chi connectivity index (χ2v) is 10.1. The van der Waals surface area contributed by atoms with Gasteiger partial charge in [0.25, 0.3) is 0 Å². The van der Waals surface area contributed by atoms with Crippen molar-refractivity contribution < 1.29 is 4.74 Å². The standard InChI is InChI=1S/C28H25N2OP/c1-4-11-22(12-5-1)19-24-20-31-28(30-24)27-18-10-13-23(29-27)21-32(25-14-6-2-7-15-25)26-16-8-3-9-17-26/h1-18,24H,19-21H2. The third-order valence-corrected chi connectivity index (χ3v) is 7.99. The molecule has 0 saturated heterocycles. The summed E-state index contributed by atoms with van der Waals surface area (Å²) in [5.41, 5.74) is 3.18. The van der Waals surface area contributed by atoms with Crippen molar-refractivity contribution in [1.82, 2.24) is 4.98 Å². The Hall–Kier alpha value is -3.29. The molecule has 0 amide bonds. The third kappa shape index (κ3) is 4.95. The van der Waals surface area contributed by atoms with E-state index < -0.39 is 7.92 Å². The van der Waals surface area contributed by atoms with Crippen LogP contribution in [0.2, 0.25) is 0 Å². The van der Waals surface area contributed by atoms with Crippen LogP contribution in [0.5, 0.6) is 0 Å². The van der Waals surface area contributed by atoms with Gasteiger partial charge in [-0.25, -0.2) is 9.98 Å². The Bertz CT molecular complexity index is 1140. The first kappa shape index (κ1) is 20.6. The van der Waals surface area contributed by atoms with Gasteiger partial charge in [0.1, 0.15) is 12.3 Å². The molecule has 158 valence electrons. The van der Waals surface area contributed by atoms with Gasteiger partial charge in [-0.05, 0) is 42.6 Å². The van der Waals surface area contributed by atoms with Crippen molar-refractivity contribution in [3.05, 3.63) is 126 Å². The first-order valence-corrected chi connectivity index (χ1v) is 12.5. The number of hydrogen-bond donors (Lipinski definition) is 0. The molecule has 1 atom stereocenters.